The van der Waals surface area contributed by atoms with Crippen molar-refractivity contribution >= 4 is 17.7 Å². The summed E-state index contributed by atoms with van der Waals surface area (Å²) in [5.41, 5.74) is 1.30. The van der Waals surface area contributed by atoms with E-state index in [1.54, 1.807) is 6.08 Å². The Morgan fingerprint density at radius 2 is 2.36 bits per heavy atom. The second-order valence-electron chi connectivity index (χ2n) is 3.00. The second kappa shape index (κ2) is 3.80. The van der Waals surface area contributed by atoms with Gasteiger partial charge in [0.2, 0.25) is 0 Å². The third-order valence-electron chi connectivity index (χ3n) is 2.03. The van der Waals surface area contributed by atoms with E-state index >= 15 is 0 Å². The minimum Gasteiger partial charge on any atom is -0.309 e. The van der Waals surface area contributed by atoms with Crippen LogP contribution in [0.3, 0.4) is 0 Å². The molecule has 14 heavy (non-hydrogen) atoms. The lowest BCUT2D eigenvalue weighted by Gasteiger charge is -2.02. The predicted molar refractivity (Wildman–Crippen MR) is 56.3 cm³/mol. The van der Waals surface area contributed by atoms with Crippen molar-refractivity contribution in [3.8, 4) is 0 Å². The van der Waals surface area contributed by atoms with E-state index in [1.165, 1.54) is 0 Å². The maximum atomic E-state index is 11.6. The van der Waals surface area contributed by atoms with Gasteiger partial charge in [-0.25, -0.2) is 4.98 Å². The smallest absolute Gasteiger partial charge is 0.258 e. The molecule has 0 radical (unpaired) electrons. The van der Waals surface area contributed by atoms with Gasteiger partial charge in [-0.05, 0) is 6.08 Å². The molecule has 1 N–H and O–H groups in total. The number of allylic oxidation sites excluding steroid dienone is 3. The van der Waals surface area contributed by atoms with Gasteiger partial charge in [-0.15, -0.1) is 11.6 Å². The number of nitrogens with zero attached hydrogens (tertiary/aromatic N) is 1. The van der Waals surface area contributed by atoms with E-state index < -0.39 is 0 Å². The Balaban J connectivity index is 2.62. The first-order valence-electron chi connectivity index (χ1n) is 4.32. The summed E-state index contributed by atoms with van der Waals surface area (Å²) < 4.78 is 0. The van der Waals surface area contributed by atoms with Gasteiger partial charge < -0.3 is 4.98 Å². The van der Waals surface area contributed by atoms with Crippen LogP contribution in [0, 0.1) is 0 Å². The van der Waals surface area contributed by atoms with Gasteiger partial charge in [0.05, 0.1) is 17.1 Å². The molecule has 0 spiro atoms. The highest BCUT2D eigenvalue weighted by Crippen LogP contribution is 2.09. The number of alkyl halides is 1. The molecule has 2 rings (SSSR count). The van der Waals surface area contributed by atoms with Gasteiger partial charge in [0.15, 0.2) is 0 Å². The monoisotopic (exact) mass is 208 g/mol. The van der Waals surface area contributed by atoms with Crippen LogP contribution in [0.25, 0.3) is 6.08 Å². The quantitative estimate of drug-likeness (QED) is 0.714. The molecule has 72 valence electrons. The largest absolute Gasteiger partial charge is 0.309 e. The fraction of sp³-hybridized carbons (Fsp3) is 0.200. The molecule has 0 atom stereocenters. The van der Waals surface area contributed by atoms with Crippen LogP contribution in [0.1, 0.15) is 17.1 Å². The van der Waals surface area contributed by atoms with Crippen molar-refractivity contribution in [2.24, 2.45) is 0 Å². The van der Waals surface area contributed by atoms with Crippen molar-refractivity contribution in [3.63, 3.8) is 0 Å². The van der Waals surface area contributed by atoms with E-state index in [1.807, 2.05) is 18.2 Å². The fourth-order valence-corrected chi connectivity index (χ4v) is 1.51. The summed E-state index contributed by atoms with van der Waals surface area (Å²) in [7, 11) is 0. The molecule has 0 unspecified atom stereocenters. The Morgan fingerprint density at radius 1 is 1.50 bits per heavy atom. The molecule has 0 aliphatic heterocycles. The molecule has 0 saturated carbocycles. The van der Waals surface area contributed by atoms with E-state index in [9.17, 15) is 4.79 Å². The number of aromatic amines is 1. The fourth-order valence-electron chi connectivity index (χ4n) is 1.38. The molecule has 0 fully saturated rings. The highest BCUT2D eigenvalue weighted by Gasteiger charge is 2.08. The summed E-state index contributed by atoms with van der Waals surface area (Å²) in [6, 6.07) is 0. The molecule has 4 heteroatoms. The lowest BCUT2D eigenvalue weighted by Crippen LogP contribution is -2.16. The maximum absolute atomic E-state index is 11.6. The maximum Gasteiger partial charge on any atom is 0.258 e. The van der Waals surface area contributed by atoms with Crippen LogP contribution in [-0.4, -0.2) is 9.97 Å². The first-order valence-corrected chi connectivity index (χ1v) is 4.86. The number of fused-ring (bicyclic) bond motifs is 1. The number of rotatable bonds is 1. The standard InChI is InChI=1S/C10H9ClN2O/c11-6-9-12-8-5-3-1-2-4-7(8)10(14)13-9/h1-4H,5-6H2,(H,12,13,14). The van der Waals surface area contributed by atoms with E-state index in [4.69, 9.17) is 11.6 Å². The van der Waals surface area contributed by atoms with Gasteiger partial charge in [-0.1, -0.05) is 18.2 Å². The molecule has 0 aromatic carbocycles. The van der Waals surface area contributed by atoms with Crippen molar-refractivity contribution in [1.29, 1.82) is 0 Å². The molecule has 3 nitrogen and oxygen atoms in total. The van der Waals surface area contributed by atoms with Crippen LogP contribution in [0.15, 0.2) is 23.0 Å². The normalized spacial score (nSPS) is 13.8. The SMILES string of the molecule is O=c1[nH]c(CCl)nc2c1C=CC=CC2. The van der Waals surface area contributed by atoms with E-state index in [0.29, 0.717) is 17.8 Å². The second-order valence-corrected chi connectivity index (χ2v) is 3.27. The highest BCUT2D eigenvalue weighted by atomic mass is 35.5. The third-order valence-corrected chi connectivity index (χ3v) is 2.28. The Kier molecular flexibility index (Phi) is 2.50. The molecular formula is C10H9ClN2O. The number of hydrogen-bond donors (Lipinski definition) is 1. The third kappa shape index (κ3) is 1.63. The minimum atomic E-state index is -0.120. The first-order chi connectivity index (χ1) is 6.81. The number of H-pyrrole nitrogens is 1. The molecule has 1 aliphatic carbocycles. The summed E-state index contributed by atoms with van der Waals surface area (Å²) in [6.45, 7) is 0. The minimum absolute atomic E-state index is 0.120. The Bertz CT molecular complexity index is 460. The summed E-state index contributed by atoms with van der Waals surface area (Å²) in [4.78, 5) is 18.5. The zero-order chi connectivity index (χ0) is 9.97. The molecule has 0 amide bonds. The van der Waals surface area contributed by atoms with Gasteiger partial charge in [-0.3, -0.25) is 4.79 Å². The van der Waals surface area contributed by atoms with Crippen molar-refractivity contribution in [2.45, 2.75) is 12.3 Å². The zero-order valence-electron chi connectivity index (χ0n) is 7.46. The van der Waals surface area contributed by atoms with E-state index in [-0.39, 0.29) is 11.4 Å². The molecule has 0 bridgehead atoms. The summed E-state index contributed by atoms with van der Waals surface area (Å²) in [6.07, 6.45) is 8.15. The molecule has 1 aromatic heterocycles. The zero-order valence-corrected chi connectivity index (χ0v) is 8.21. The predicted octanol–water partition coefficient (Wildman–Crippen LogP) is 1.63. The van der Waals surface area contributed by atoms with Crippen LogP contribution in [0.5, 0.6) is 0 Å². The van der Waals surface area contributed by atoms with Gasteiger partial charge in [0.25, 0.3) is 5.56 Å². The van der Waals surface area contributed by atoms with Crippen LogP contribution in [-0.2, 0) is 12.3 Å². The van der Waals surface area contributed by atoms with Gasteiger partial charge in [0.1, 0.15) is 5.82 Å². The summed E-state index contributed by atoms with van der Waals surface area (Å²) in [5.74, 6) is 0.759. The Morgan fingerprint density at radius 3 is 3.14 bits per heavy atom. The van der Waals surface area contributed by atoms with E-state index in [0.717, 1.165) is 5.69 Å². The summed E-state index contributed by atoms with van der Waals surface area (Å²) in [5, 5.41) is 0. The lowest BCUT2D eigenvalue weighted by atomic mass is 10.2. The lowest BCUT2D eigenvalue weighted by molar-refractivity contribution is 0.936. The average molecular weight is 209 g/mol. The van der Waals surface area contributed by atoms with Crippen molar-refractivity contribution in [2.75, 3.05) is 0 Å². The Labute approximate surface area is 86.1 Å². The number of halogens is 1. The van der Waals surface area contributed by atoms with Crippen LogP contribution in [0.4, 0.5) is 0 Å². The number of hydrogen-bond acceptors (Lipinski definition) is 2. The van der Waals surface area contributed by atoms with Gasteiger partial charge in [0, 0.05) is 6.42 Å². The topological polar surface area (TPSA) is 45.8 Å². The average Bonchev–Trinajstić information content (AvgIpc) is 2.42. The van der Waals surface area contributed by atoms with Gasteiger partial charge >= 0.3 is 0 Å². The number of nitrogens with one attached hydrogen (secondary N) is 1. The van der Waals surface area contributed by atoms with Crippen LogP contribution >= 0.6 is 11.6 Å². The first kappa shape index (κ1) is 9.21. The van der Waals surface area contributed by atoms with Crippen LogP contribution in [0.2, 0.25) is 0 Å². The molecule has 0 saturated heterocycles. The Hall–Kier alpha value is -1.35. The molecule has 1 aliphatic rings. The van der Waals surface area contributed by atoms with Crippen molar-refractivity contribution in [1.82, 2.24) is 9.97 Å². The van der Waals surface area contributed by atoms with E-state index in [2.05, 4.69) is 9.97 Å². The molecule has 1 aromatic rings. The number of aromatic nitrogens is 2. The van der Waals surface area contributed by atoms with Gasteiger partial charge in [-0.2, -0.15) is 0 Å². The summed E-state index contributed by atoms with van der Waals surface area (Å²) >= 11 is 5.61. The molecular weight excluding hydrogens is 200 g/mol. The van der Waals surface area contributed by atoms with Crippen molar-refractivity contribution in [3.05, 3.63) is 45.7 Å². The van der Waals surface area contributed by atoms with Crippen LogP contribution < -0.4 is 5.56 Å². The van der Waals surface area contributed by atoms with Crippen molar-refractivity contribution < 1.29 is 0 Å². The highest BCUT2D eigenvalue weighted by molar-refractivity contribution is 6.16. The molecule has 1 heterocycles.